The highest BCUT2D eigenvalue weighted by molar-refractivity contribution is 7.99. The van der Waals surface area contributed by atoms with Crippen LogP contribution < -0.4 is 9.80 Å². The van der Waals surface area contributed by atoms with E-state index in [0.29, 0.717) is 0 Å². The van der Waals surface area contributed by atoms with Crippen LogP contribution in [0, 0.1) is 13.8 Å². The van der Waals surface area contributed by atoms with E-state index in [0.717, 1.165) is 34.1 Å². The quantitative estimate of drug-likeness (QED) is 0.170. The predicted molar refractivity (Wildman–Crippen MR) is 225 cm³/mol. The zero-order valence-corrected chi connectivity index (χ0v) is 30.5. The lowest BCUT2D eigenvalue weighted by Crippen LogP contribution is -2.10. The summed E-state index contributed by atoms with van der Waals surface area (Å²) in [4.78, 5) is 7.31. The van der Waals surface area contributed by atoms with Gasteiger partial charge in [0, 0.05) is 69.5 Å². The molecule has 52 heavy (non-hydrogen) atoms. The molecular formula is C48H34N2S2. The second-order valence-corrected chi connectivity index (χ2v) is 15.7. The molecule has 1 aromatic heterocycles. The fraction of sp³-hybridized carbons (Fsp3) is 0.0417. The van der Waals surface area contributed by atoms with Crippen LogP contribution in [0.1, 0.15) is 11.1 Å². The molecule has 0 aliphatic carbocycles. The van der Waals surface area contributed by atoms with E-state index >= 15 is 0 Å². The Hall–Kier alpha value is -5.81. The van der Waals surface area contributed by atoms with Crippen LogP contribution in [0.25, 0.3) is 42.1 Å². The lowest BCUT2D eigenvalue weighted by molar-refractivity contribution is 1.25. The van der Waals surface area contributed by atoms with Gasteiger partial charge in [0.15, 0.2) is 0 Å². The minimum absolute atomic E-state index is 1.15. The molecule has 2 nitrogen and oxygen atoms in total. The summed E-state index contributed by atoms with van der Waals surface area (Å²) in [5.41, 5.74) is 12.0. The molecule has 9 aromatic rings. The molecule has 0 spiro atoms. The fourth-order valence-electron chi connectivity index (χ4n) is 7.65. The van der Waals surface area contributed by atoms with E-state index in [1.54, 1.807) is 0 Å². The monoisotopic (exact) mass is 702 g/mol. The number of anilines is 6. The molecular weight excluding hydrogens is 669 g/mol. The minimum Gasteiger partial charge on any atom is -0.310 e. The molecule has 0 N–H and O–H groups in total. The number of aryl methyl sites for hydroxylation is 2. The first-order valence-electron chi connectivity index (χ1n) is 17.7. The molecule has 248 valence electrons. The van der Waals surface area contributed by atoms with Gasteiger partial charge in [-0.1, -0.05) is 108 Å². The molecule has 0 bridgehead atoms. The summed E-state index contributed by atoms with van der Waals surface area (Å²) in [6, 6.07) is 62.3. The number of benzene rings is 8. The molecule has 1 aliphatic rings. The Balaban J connectivity index is 1.12. The van der Waals surface area contributed by atoms with Gasteiger partial charge < -0.3 is 9.80 Å². The van der Waals surface area contributed by atoms with E-state index in [9.17, 15) is 0 Å². The topological polar surface area (TPSA) is 6.48 Å². The van der Waals surface area contributed by atoms with E-state index < -0.39 is 0 Å². The molecule has 2 heterocycles. The molecule has 0 fully saturated rings. The highest BCUT2D eigenvalue weighted by atomic mass is 32.2. The maximum Gasteiger partial charge on any atom is 0.0476 e. The van der Waals surface area contributed by atoms with Crippen LogP contribution >= 0.6 is 23.1 Å². The van der Waals surface area contributed by atoms with Crippen molar-refractivity contribution in [2.45, 2.75) is 23.6 Å². The highest BCUT2D eigenvalue weighted by Gasteiger charge is 2.24. The number of rotatable bonds is 6. The normalized spacial score (nSPS) is 12.0. The van der Waals surface area contributed by atoms with Gasteiger partial charge in [0.1, 0.15) is 0 Å². The minimum atomic E-state index is 1.15. The third-order valence-electron chi connectivity index (χ3n) is 10.1. The molecule has 0 saturated carbocycles. The summed E-state index contributed by atoms with van der Waals surface area (Å²) in [6.45, 7) is 4.28. The maximum atomic E-state index is 2.45. The first-order valence-corrected chi connectivity index (χ1v) is 19.3. The largest absolute Gasteiger partial charge is 0.310 e. The summed E-state index contributed by atoms with van der Waals surface area (Å²) in [7, 11) is 0. The zero-order valence-electron chi connectivity index (χ0n) is 28.9. The number of para-hydroxylation sites is 2. The lowest BCUT2D eigenvalue weighted by atomic mass is 9.94. The van der Waals surface area contributed by atoms with Gasteiger partial charge in [-0.05, 0) is 115 Å². The summed E-state index contributed by atoms with van der Waals surface area (Å²) in [5, 5.41) is 5.35. The van der Waals surface area contributed by atoms with Crippen molar-refractivity contribution in [3.8, 4) is 11.1 Å². The van der Waals surface area contributed by atoms with Crippen molar-refractivity contribution in [2.24, 2.45) is 0 Å². The Labute approximate surface area is 312 Å². The van der Waals surface area contributed by atoms with Gasteiger partial charge in [0.25, 0.3) is 0 Å². The van der Waals surface area contributed by atoms with Crippen LogP contribution in [-0.2, 0) is 0 Å². The molecule has 10 rings (SSSR count). The number of hydrogen-bond donors (Lipinski definition) is 0. The van der Waals surface area contributed by atoms with Gasteiger partial charge in [0.05, 0.1) is 0 Å². The van der Waals surface area contributed by atoms with Crippen molar-refractivity contribution >= 4 is 88.2 Å². The summed E-state index contributed by atoms with van der Waals surface area (Å²) >= 11 is 3.79. The third-order valence-corrected chi connectivity index (χ3v) is 12.4. The molecule has 0 unspecified atom stereocenters. The lowest BCUT2D eigenvalue weighted by Gasteiger charge is -2.28. The molecule has 0 amide bonds. The Morgan fingerprint density at radius 3 is 1.56 bits per heavy atom. The van der Waals surface area contributed by atoms with Gasteiger partial charge in [-0.25, -0.2) is 0 Å². The van der Waals surface area contributed by atoms with E-state index in [4.69, 9.17) is 0 Å². The van der Waals surface area contributed by atoms with Crippen molar-refractivity contribution in [3.63, 3.8) is 0 Å². The van der Waals surface area contributed by atoms with Gasteiger partial charge in [0.2, 0.25) is 0 Å². The fourth-order valence-corrected chi connectivity index (χ4v) is 10.0. The van der Waals surface area contributed by atoms with Crippen molar-refractivity contribution in [1.29, 1.82) is 0 Å². The highest BCUT2D eigenvalue weighted by Crippen LogP contribution is 2.53. The van der Waals surface area contributed by atoms with Gasteiger partial charge in [-0.15, -0.1) is 11.3 Å². The number of nitrogens with zero attached hydrogens (tertiary/aromatic N) is 2. The van der Waals surface area contributed by atoms with Crippen molar-refractivity contribution in [1.82, 2.24) is 0 Å². The Bertz CT molecular complexity index is 2770. The SMILES string of the molecule is Cc1ccc(N(c2ccccc2)c2ccc3c(c2)Sc2cccc4c2c-3cc2sc3cc(N(c5ccccc5)c5ccc(C)cc5)ccc3c24)cc1. The van der Waals surface area contributed by atoms with Gasteiger partial charge in [-0.2, -0.15) is 0 Å². The van der Waals surface area contributed by atoms with Crippen LogP contribution in [0.3, 0.4) is 0 Å². The van der Waals surface area contributed by atoms with Crippen LogP contribution in [-0.4, -0.2) is 0 Å². The van der Waals surface area contributed by atoms with E-state index in [1.807, 2.05) is 23.1 Å². The summed E-state index contributed by atoms with van der Waals surface area (Å²) in [6.07, 6.45) is 0. The molecule has 1 aliphatic heterocycles. The van der Waals surface area contributed by atoms with Crippen molar-refractivity contribution in [3.05, 3.63) is 181 Å². The molecule has 4 heteroatoms. The molecule has 0 saturated heterocycles. The van der Waals surface area contributed by atoms with Crippen LogP contribution in [0.5, 0.6) is 0 Å². The van der Waals surface area contributed by atoms with Gasteiger partial charge in [-0.3, -0.25) is 0 Å². The second kappa shape index (κ2) is 12.4. The van der Waals surface area contributed by atoms with Gasteiger partial charge >= 0.3 is 0 Å². The van der Waals surface area contributed by atoms with E-state index in [1.165, 1.54) is 63.0 Å². The predicted octanol–water partition coefficient (Wildman–Crippen LogP) is 14.9. The van der Waals surface area contributed by atoms with Crippen molar-refractivity contribution in [2.75, 3.05) is 9.80 Å². The third kappa shape index (κ3) is 5.18. The standard InChI is InChI=1S/C48H34N2S2/c1-31-16-20-35(21-17-31)49(33-10-5-3-6-11-33)37-24-26-39-42-30-46-47(41-14-9-15-43(48(41)42)51-44(39)28-37)40-27-25-38(29-45(40)52-46)50(34-12-7-4-8-13-34)36-22-18-32(2)19-23-36/h3-30H,1-2H3. The van der Waals surface area contributed by atoms with Crippen molar-refractivity contribution < 1.29 is 0 Å². The summed E-state index contributed by atoms with van der Waals surface area (Å²) < 4.78 is 2.62. The van der Waals surface area contributed by atoms with Crippen LogP contribution in [0.4, 0.5) is 34.1 Å². The number of hydrogen-bond acceptors (Lipinski definition) is 4. The van der Waals surface area contributed by atoms with E-state index in [2.05, 4.69) is 194 Å². The maximum absolute atomic E-state index is 2.45. The first-order chi connectivity index (χ1) is 25.6. The van der Waals surface area contributed by atoms with Crippen LogP contribution in [0.15, 0.2) is 180 Å². The zero-order chi connectivity index (χ0) is 34.8. The number of thiophene rings is 1. The Kier molecular flexibility index (Phi) is 7.41. The summed E-state index contributed by atoms with van der Waals surface area (Å²) in [5.74, 6) is 0. The van der Waals surface area contributed by atoms with Crippen LogP contribution in [0.2, 0.25) is 0 Å². The second-order valence-electron chi connectivity index (χ2n) is 13.6. The number of fused-ring (bicyclic) bond motifs is 6. The smallest absolute Gasteiger partial charge is 0.0476 e. The average molecular weight is 703 g/mol. The Morgan fingerprint density at radius 1 is 0.365 bits per heavy atom. The first kappa shape index (κ1) is 31.0. The Morgan fingerprint density at radius 2 is 0.923 bits per heavy atom. The average Bonchev–Trinajstić information content (AvgIpc) is 3.55. The molecule has 0 atom stereocenters. The van der Waals surface area contributed by atoms with E-state index in [-0.39, 0.29) is 0 Å². The molecule has 8 aromatic carbocycles. The molecule has 0 radical (unpaired) electrons.